The SMILES string of the molecule is CC(C)(C)C(CC(=O)O)c1cccc(NC(=O)[C@H](c2ccc(Cn3cc(Cl)ccc3=O)cc2)C2CCCC2)c1. The summed E-state index contributed by atoms with van der Waals surface area (Å²) >= 11 is 6.06. The van der Waals surface area contributed by atoms with E-state index in [9.17, 15) is 19.5 Å². The topological polar surface area (TPSA) is 88.4 Å². The van der Waals surface area contributed by atoms with E-state index in [1.165, 1.54) is 6.07 Å². The smallest absolute Gasteiger partial charge is 0.303 e. The molecule has 7 heteroatoms. The van der Waals surface area contributed by atoms with Crippen LogP contribution in [0.5, 0.6) is 0 Å². The number of halogens is 1. The molecule has 1 aliphatic carbocycles. The molecule has 1 heterocycles. The molecule has 0 spiro atoms. The third-order valence-corrected chi connectivity index (χ3v) is 8.00. The maximum absolute atomic E-state index is 13.7. The minimum Gasteiger partial charge on any atom is -0.481 e. The van der Waals surface area contributed by atoms with Crippen LogP contribution in [0.4, 0.5) is 5.69 Å². The fraction of sp³-hybridized carbons (Fsp3) is 0.406. The summed E-state index contributed by atoms with van der Waals surface area (Å²) < 4.78 is 1.57. The van der Waals surface area contributed by atoms with Gasteiger partial charge in [0.2, 0.25) is 5.91 Å². The van der Waals surface area contributed by atoms with Crippen LogP contribution in [-0.2, 0) is 16.1 Å². The molecule has 1 aliphatic rings. The highest BCUT2D eigenvalue weighted by atomic mass is 35.5. The number of hydrogen-bond acceptors (Lipinski definition) is 3. The van der Waals surface area contributed by atoms with Gasteiger partial charge in [-0.25, -0.2) is 0 Å². The predicted molar refractivity (Wildman–Crippen MR) is 155 cm³/mol. The van der Waals surface area contributed by atoms with Crippen molar-refractivity contribution in [2.75, 3.05) is 5.32 Å². The van der Waals surface area contributed by atoms with Crippen molar-refractivity contribution >= 4 is 29.2 Å². The molecule has 206 valence electrons. The van der Waals surface area contributed by atoms with E-state index in [1.807, 2.05) is 69.3 Å². The standard InChI is InChI=1S/C32H37ClN2O4/c1-32(2,3)27(18-29(37)38)24-9-6-10-26(17-24)34-31(39)30(22-7-4-5-8-22)23-13-11-21(12-14-23)19-35-20-25(33)15-16-28(35)36/h6,9-17,20,22,27,30H,4-5,7-8,18-19H2,1-3H3,(H,34,39)(H,37,38)/t27?,30-/m0/s1. The summed E-state index contributed by atoms with van der Waals surface area (Å²) in [5.74, 6) is -1.12. The van der Waals surface area contributed by atoms with Crippen LogP contribution in [0.3, 0.4) is 0 Å². The van der Waals surface area contributed by atoms with Gasteiger partial charge in [0.15, 0.2) is 0 Å². The highest BCUT2D eigenvalue weighted by Gasteiger charge is 2.33. The Labute approximate surface area is 235 Å². The second kappa shape index (κ2) is 12.2. The lowest BCUT2D eigenvalue weighted by Crippen LogP contribution is -2.27. The zero-order valence-corrected chi connectivity index (χ0v) is 23.6. The van der Waals surface area contributed by atoms with Crippen LogP contribution < -0.4 is 10.9 Å². The number of hydrogen-bond donors (Lipinski definition) is 2. The number of benzene rings is 2. The van der Waals surface area contributed by atoms with Crippen LogP contribution in [0.15, 0.2) is 71.7 Å². The number of nitrogens with one attached hydrogen (secondary N) is 1. The lowest BCUT2D eigenvalue weighted by molar-refractivity contribution is -0.138. The largest absolute Gasteiger partial charge is 0.481 e. The zero-order chi connectivity index (χ0) is 28.2. The number of rotatable bonds is 9. The molecule has 0 bridgehead atoms. The van der Waals surface area contributed by atoms with E-state index in [2.05, 4.69) is 5.32 Å². The Morgan fingerprint density at radius 3 is 2.36 bits per heavy atom. The third-order valence-electron chi connectivity index (χ3n) is 7.77. The highest BCUT2D eigenvalue weighted by molar-refractivity contribution is 6.30. The van der Waals surface area contributed by atoms with E-state index in [1.54, 1.807) is 16.8 Å². The van der Waals surface area contributed by atoms with E-state index in [0.717, 1.165) is 42.4 Å². The molecule has 4 rings (SSSR count). The van der Waals surface area contributed by atoms with Crippen LogP contribution in [0.2, 0.25) is 5.02 Å². The molecule has 0 radical (unpaired) electrons. The Hall–Kier alpha value is -3.38. The van der Waals surface area contributed by atoms with E-state index < -0.39 is 5.97 Å². The molecule has 1 aromatic heterocycles. The van der Waals surface area contributed by atoms with Crippen LogP contribution in [0.1, 0.15) is 81.4 Å². The number of aliphatic carboxylic acids is 1. The minimum absolute atomic E-state index is 0.0270. The van der Waals surface area contributed by atoms with E-state index in [0.29, 0.717) is 17.3 Å². The van der Waals surface area contributed by atoms with Crippen LogP contribution in [0, 0.1) is 11.3 Å². The summed E-state index contributed by atoms with van der Waals surface area (Å²) in [6.45, 7) is 6.51. The van der Waals surface area contributed by atoms with Crippen molar-refractivity contribution in [3.05, 3.63) is 98.9 Å². The lowest BCUT2D eigenvalue weighted by atomic mass is 9.74. The van der Waals surface area contributed by atoms with Crippen molar-refractivity contribution in [1.29, 1.82) is 0 Å². The first-order chi connectivity index (χ1) is 18.5. The molecule has 3 aromatic rings. The Balaban J connectivity index is 1.56. The molecular weight excluding hydrogens is 512 g/mol. The number of carboxylic acid groups (broad SMARTS) is 1. The minimum atomic E-state index is -0.839. The van der Waals surface area contributed by atoms with Gasteiger partial charge in [0, 0.05) is 18.0 Å². The number of nitrogens with zero attached hydrogens (tertiary/aromatic N) is 1. The molecule has 1 fully saturated rings. The van der Waals surface area contributed by atoms with Crippen molar-refractivity contribution in [2.45, 2.75) is 71.3 Å². The second-order valence-corrected chi connectivity index (χ2v) is 12.1. The summed E-state index contributed by atoms with van der Waals surface area (Å²) in [6, 6.07) is 18.6. The molecule has 2 aromatic carbocycles. The molecule has 1 unspecified atom stereocenters. The highest BCUT2D eigenvalue weighted by Crippen LogP contribution is 2.40. The van der Waals surface area contributed by atoms with Gasteiger partial charge in [-0.3, -0.25) is 14.4 Å². The molecule has 0 saturated heterocycles. The van der Waals surface area contributed by atoms with E-state index >= 15 is 0 Å². The summed E-state index contributed by atoms with van der Waals surface area (Å²) in [4.78, 5) is 37.5. The fourth-order valence-corrected chi connectivity index (χ4v) is 5.91. The Bertz CT molecular complexity index is 1370. The molecule has 1 saturated carbocycles. The van der Waals surface area contributed by atoms with Crippen LogP contribution in [0.25, 0.3) is 0 Å². The number of anilines is 1. The lowest BCUT2D eigenvalue weighted by Gasteiger charge is -2.30. The number of pyridine rings is 1. The molecule has 2 atom stereocenters. The summed E-state index contributed by atoms with van der Waals surface area (Å²) in [5, 5.41) is 13.1. The van der Waals surface area contributed by atoms with Gasteiger partial charge in [-0.1, -0.05) is 81.6 Å². The van der Waals surface area contributed by atoms with Gasteiger partial charge in [0.25, 0.3) is 5.56 Å². The third kappa shape index (κ3) is 7.39. The normalized spacial score (nSPS) is 15.6. The summed E-state index contributed by atoms with van der Waals surface area (Å²) in [6.07, 6.45) is 5.88. The number of amides is 1. The fourth-order valence-electron chi connectivity index (χ4n) is 5.73. The van der Waals surface area contributed by atoms with Gasteiger partial charge in [-0.2, -0.15) is 0 Å². The first-order valence-corrected chi connectivity index (χ1v) is 14.0. The predicted octanol–water partition coefficient (Wildman–Crippen LogP) is 7.07. The Morgan fingerprint density at radius 2 is 1.72 bits per heavy atom. The number of aromatic nitrogens is 1. The molecule has 39 heavy (non-hydrogen) atoms. The number of carbonyl (C=O) groups is 2. The molecule has 2 N–H and O–H groups in total. The van der Waals surface area contributed by atoms with Crippen molar-refractivity contribution in [3.63, 3.8) is 0 Å². The van der Waals surface area contributed by atoms with Crippen LogP contribution >= 0.6 is 11.6 Å². The Morgan fingerprint density at radius 1 is 1.03 bits per heavy atom. The first kappa shape index (κ1) is 28.6. The van der Waals surface area contributed by atoms with Gasteiger partial charge in [0.05, 0.1) is 23.9 Å². The molecular formula is C32H37ClN2O4. The van der Waals surface area contributed by atoms with Gasteiger partial charge < -0.3 is 15.0 Å². The van der Waals surface area contributed by atoms with Gasteiger partial charge in [-0.05, 0) is 65.0 Å². The van der Waals surface area contributed by atoms with Crippen LogP contribution in [-0.4, -0.2) is 21.6 Å². The van der Waals surface area contributed by atoms with E-state index in [4.69, 9.17) is 11.6 Å². The van der Waals surface area contributed by atoms with Crippen molar-refractivity contribution in [3.8, 4) is 0 Å². The van der Waals surface area contributed by atoms with E-state index in [-0.39, 0.29) is 41.1 Å². The van der Waals surface area contributed by atoms with Gasteiger partial charge in [0.1, 0.15) is 0 Å². The Kier molecular flexibility index (Phi) is 8.96. The maximum atomic E-state index is 13.7. The van der Waals surface area contributed by atoms with Crippen molar-refractivity contribution in [1.82, 2.24) is 4.57 Å². The maximum Gasteiger partial charge on any atom is 0.303 e. The summed E-state index contributed by atoms with van der Waals surface area (Å²) in [5.41, 5.74) is 3.12. The quantitative estimate of drug-likeness (QED) is 0.299. The van der Waals surface area contributed by atoms with Crippen molar-refractivity contribution < 1.29 is 14.7 Å². The number of carboxylic acids is 1. The molecule has 6 nitrogen and oxygen atoms in total. The second-order valence-electron chi connectivity index (χ2n) is 11.7. The van der Waals surface area contributed by atoms with Gasteiger partial charge >= 0.3 is 5.97 Å². The average Bonchev–Trinajstić information content (AvgIpc) is 3.40. The van der Waals surface area contributed by atoms with Gasteiger partial charge in [-0.15, -0.1) is 0 Å². The average molecular weight is 549 g/mol. The molecule has 0 aliphatic heterocycles. The summed E-state index contributed by atoms with van der Waals surface area (Å²) in [7, 11) is 0. The molecule has 1 amide bonds. The first-order valence-electron chi connectivity index (χ1n) is 13.6. The van der Waals surface area contributed by atoms with Crippen molar-refractivity contribution in [2.24, 2.45) is 11.3 Å². The monoisotopic (exact) mass is 548 g/mol. The zero-order valence-electron chi connectivity index (χ0n) is 22.8. The number of carbonyl (C=O) groups excluding carboxylic acids is 1.